The van der Waals surface area contributed by atoms with E-state index in [9.17, 15) is 10.1 Å². The molecule has 6 heteroatoms. The zero-order chi connectivity index (χ0) is 14.0. The number of likely N-dealkylation sites (N-methyl/N-ethyl adjacent to an activating group) is 1. The number of halogens is 1. The standard InChI is InChI=1S/C13H18ClN3O2/c1-3-15-7-8-16(9-10(15)2)12-6-4-5-11(14)13(12)17(18)19/h4-6,10H,3,7-9H2,1-2H3. The molecule has 0 radical (unpaired) electrons. The van der Waals surface area contributed by atoms with Gasteiger partial charge < -0.3 is 4.90 Å². The number of piperazine rings is 1. The molecule has 0 amide bonds. The highest BCUT2D eigenvalue weighted by atomic mass is 35.5. The lowest BCUT2D eigenvalue weighted by molar-refractivity contribution is -0.384. The lowest BCUT2D eigenvalue weighted by Gasteiger charge is -2.40. The molecule has 0 aliphatic carbocycles. The minimum Gasteiger partial charge on any atom is -0.363 e. The summed E-state index contributed by atoms with van der Waals surface area (Å²) in [4.78, 5) is 15.2. The molecule has 1 aliphatic rings. The number of anilines is 1. The molecule has 0 N–H and O–H groups in total. The van der Waals surface area contributed by atoms with Crippen molar-refractivity contribution in [1.29, 1.82) is 0 Å². The van der Waals surface area contributed by atoms with Gasteiger partial charge in [0.25, 0.3) is 0 Å². The number of benzene rings is 1. The van der Waals surface area contributed by atoms with Crippen LogP contribution in [0.3, 0.4) is 0 Å². The van der Waals surface area contributed by atoms with Crippen LogP contribution in [-0.2, 0) is 0 Å². The molecule has 0 saturated carbocycles. The van der Waals surface area contributed by atoms with E-state index in [1.165, 1.54) is 0 Å². The molecule has 104 valence electrons. The van der Waals surface area contributed by atoms with Gasteiger partial charge in [-0.15, -0.1) is 0 Å². The van der Waals surface area contributed by atoms with Crippen molar-refractivity contribution in [1.82, 2.24) is 4.90 Å². The van der Waals surface area contributed by atoms with Crippen LogP contribution in [0.1, 0.15) is 13.8 Å². The van der Waals surface area contributed by atoms with Crippen LogP contribution in [0.4, 0.5) is 11.4 Å². The monoisotopic (exact) mass is 283 g/mol. The topological polar surface area (TPSA) is 49.6 Å². The molecular weight excluding hydrogens is 266 g/mol. The molecule has 1 saturated heterocycles. The molecule has 1 unspecified atom stereocenters. The van der Waals surface area contributed by atoms with Gasteiger partial charge in [0.2, 0.25) is 0 Å². The predicted molar refractivity (Wildman–Crippen MR) is 77.0 cm³/mol. The Bertz CT molecular complexity index is 481. The van der Waals surface area contributed by atoms with E-state index in [1.807, 2.05) is 0 Å². The first-order valence-electron chi connectivity index (χ1n) is 6.46. The van der Waals surface area contributed by atoms with Gasteiger partial charge in [-0.1, -0.05) is 24.6 Å². The van der Waals surface area contributed by atoms with Gasteiger partial charge in [0.15, 0.2) is 0 Å². The zero-order valence-corrected chi connectivity index (χ0v) is 11.9. The van der Waals surface area contributed by atoms with Crippen molar-refractivity contribution in [3.63, 3.8) is 0 Å². The van der Waals surface area contributed by atoms with E-state index < -0.39 is 4.92 Å². The van der Waals surface area contributed by atoms with Crippen LogP contribution in [-0.4, -0.2) is 42.0 Å². The van der Waals surface area contributed by atoms with Crippen LogP contribution < -0.4 is 4.90 Å². The molecule has 1 fully saturated rings. The average molecular weight is 284 g/mol. The van der Waals surface area contributed by atoms with Crippen molar-refractivity contribution in [2.45, 2.75) is 19.9 Å². The number of hydrogen-bond acceptors (Lipinski definition) is 4. The van der Waals surface area contributed by atoms with Crippen molar-refractivity contribution in [2.75, 3.05) is 31.1 Å². The van der Waals surface area contributed by atoms with Gasteiger partial charge in [0, 0.05) is 25.7 Å². The molecule has 0 bridgehead atoms. The second-order valence-electron chi connectivity index (χ2n) is 4.79. The van der Waals surface area contributed by atoms with Crippen LogP contribution >= 0.6 is 11.6 Å². The summed E-state index contributed by atoms with van der Waals surface area (Å²) in [5.41, 5.74) is 0.640. The third kappa shape index (κ3) is 2.82. The second kappa shape index (κ2) is 5.75. The SMILES string of the molecule is CCN1CCN(c2cccc(Cl)c2[N+](=O)[O-])CC1C. The molecule has 1 heterocycles. The molecule has 1 aromatic carbocycles. The minimum absolute atomic E-state index is 0.0151. The van der Waals surface area contributed by atoms with Gasteiger partial charge in [-0.05, 0) is 25.6 Å². The molecule has 2 rings (SSSR count). The highest BCUT2D eigenvalue weighted by molar-refractivity contribution is 6.33. The molecular formula is C13H18ClN3O2. The lowest BCUT2D eigenvalue weighted by Crippen LogP contribution is -2.51. The molecule has 5 nitrogen and oxygen atoms in total. The lowest BCUT2D eigenvalue weighted by atomic mass is 10.1. The van der Waals surface area contributed by atoms with Crippen molar-refractivity contribution in [3.05, 3.63) is 33.3 Å². The zero-order valence-electron chi connectivity index (χ0n) is 11.2. The van der Waals surface area contributed by atoms with E-state index in [0.29, 0.717) is 11.7 Å². The van der Waals surface area contributed by atoms with Crippen LogP contribution in [0.15, 0.2) is 18.2 Å². The first-order chi connectivity index (χ1) is 9.04. The Balaban J connectivity index is 2.28. The first-order valence-corrected chi connectivity index (χ1v) is 6.84. The number of nitro benzene ring substituents is 1. The van der Waals surface area contributed by atoms with E-state index in [0.717, 1.165) is 26.2 Å². The van der Waals surface area contributed by atoms with Gasteiger partial charge in [-0.25, -0.2) is 0 Å². The maximum absolute atomic E-state index is 11.2. The van der Waals surface area contributed by atoms with E-state index in [2.05, 4.69) is 23.6 Å². The fraction of sp³-hybridized carbons (Fsp3) is 0.538. The maximum Gasteiger partial charge on any atom is 0.310 e. The summed E-state index contributed by atoms with van der Waals surface area (Å²) in [6, 6.07) is 5.49. The van der Waals surface area contributed by atoms with Gasteiger partial charge in [0.1, 0.15) is 10.7 Å². The van der Waals surface area contributed by atoms with Crippen LogP contribution in [0.25, 0.3) is 0 Å². The van der Waals surface area contributed by atoms with Crippen LogP contribution in [0.2, 0.25) is 5.02 Å². The second-order valence-corrected chi connectivity index (χ2v) is 5.20. The molecule has 0 spiro atoms. The Hall–Kier alpha value is -1.33. The number of para-hydroxylation sites is 1. The van der Waals surface area contributed by atoms with Crippen molar-refractivity contribution >= 4 is 23.0 Å². The fourth-order valence-electron chi connectivity index (χ4n) is 2.62. The average Bonchev–Trinajstić information content (AvgIpc) is 2.37. The minimum atomic E-state index is -0.394. The summed E-state index contributed by atoms with van der Waals surface area (Å²) < 4.78 is 0. The van der Waals surface area contributed by atoms with Crippen molar-refractivity contribution in [3.8, 4) is 0 Å². The molecule has 1 aliphatic heterocycles. The third-order valence-electron chi connectivity index (χ3n) is 3.66. The van der Waals surface area contributed by atoms with Gasteiger partial charge in [-0.2, -0.15) is 0 Å². The van der Waals surface area contributed by atoms with Crippen LogP contribution in [0, 0.1) is 10.1 Å². The summed E-state index contributed by atoms with van der Waals surface area (Å²) in [7, 11) is 0. The first kappa shape index (κ1) is 14.1. The quantitative estimate of drug-likeness (QED) is 0.632. The number of hydrogen-bond donors (Lipinski definition) is 0. The highest BCUT2D eigenvalue weighted by Crippen LogP contribution is 2.35. The largest absolute Gasteiger partial charge is 0.363 e. The Morgan fingerprint density at radius 3 is 2.79 bits per heavy atom. The molecule has 1 atom stereocenters. The van der Waals surface area contributed by atoms with E-state index in [1.54, 1.807) is 18.2 Å². The predicted octanol–water partition coefficient (Wildman–Crippen LogP) is 2.78. The highest BCUT2D eigenvalue weighted by Gasteiger charge is 2.28. The molecule has 0 aromatic heterocycles. The van der Waals surface area contributed by atoms with E-state index >= 15 is 0 Å². The summed E-state index contributed by atoms with van der Waals surface area (Å²) in [5.74, 6) is 0. The smallest absolute Gasteiger partial charge is 0.310 e. The van der Waals surface area contributed by atoms with Gasteiger partial charge >= 0.3 is 5.69 Å². The Morgan fingerprint density at radius 1 is 1.47 bits per heavy atom. The Kier molecular flexibility index (Phi) is 4.27. The number of rotatable bonds is 3. The number of nitrogens with zero attached hydrogens (tertiary/aromatic N) is 3. The summed E-state index contributed by atoms with van der Waals surface area (Å²) in [6.45, 7) is 7.78. The van der Waals surface area contributed by atoms with E-state index in [4.69, 9.17) is 11.6 Å². The van der Waals surface area contributed by atoms with E-state index in [-0.39, 0.29) is 10.7 Å². The summed E-state index contributed by atoms with van der Waals surface area (Å²) >= 11 is 5.96. The fourth-order valence-corrected chi connectivity index (χ4v) is 2.86. The third-order valence-corrected chi connectivity index (χ3v) is 3.97. The van der Waals surface area contributed by atoms with Crippen molar-refractivity contribution in [2.24, 2.45) is 0 Å². The maximum atomic E-state index is 11.2. The normalized spacial score (nSPS) is 20.6. The summed E-state index contributed by atoms with van der Waals surface area (Å²) in [6.07, 6.45) is 0. The molecule has 1 aromatic rings. The summed E-state index contributed by atoms with van der Waals surface area (Å²) in [5, 5.41) is 11.4. The van der Waals surface area contributed by atoms with Crippen molar-refractivity contribution < 1.29 is 4.92 Å². The Morgan fingerprint density at radius 2 is 2.21 bits per heavy atom. The Labute approximate surface area is 117 Å². The van der Waals surface area contributed by atoms with Crippen LogP contribution in [0.5, 0.6) is 0 Å². The number of nitro groups is 1. The van der Waals surface area contributed by atoms with Gasteiger partial charge in [-0.3, -0.25) is 15.0 Å². The van der Waals surface area contributed by atoms with Gasteiger partial charge in [0.05, 0.1) is 4.92 Å². The molecule has 19 heavy (non-hydrogen) atoms.